The average molecular weight is 359 g/mol. The minimum Gasteiger partial charge on any atom is -0.334 e. The van der Waals surface area contributed by atoms with Gasteiger partial charge in [0.25, 0.3) is 11.5 Å². The second kappa shape index (κ2) is 6.57. The molecule has 1 aromatic carbocycles. The monoisotopic (exact) mass is 359 g/mol. The first-order valence-corrected chi connectivity index (χ1v) is 8.63. The number of hydrogen-bond donors (Lipinski definition) is 1. The fraction of sp³-hybridized carbons (Fsp3) is 0.200. The van der Waals surface area contributed by atoms with Crippen LogP contribution < -0.4 is 5.56 Å². The van der Waals surface area contributed by atoms with E-state index in [1.165, 1.54) is 0 Å². The Balaban J connectivity index is 1.63. The highest BCUT2D eigenvalue weighted by Crippen LogP contribution is 2.21. The number of pyridine rings is 1. The van der Waals surface area contributed by atoms with E-state index >= 15 is 0 Å². The van der Waals surface area contributed by atoms with E-state index in [4.69, 9.17) is 5.26 Å². The van der Waals surface area contributed by atoms with Crippen molar-refractivity contribution in [3.63, 3.8) is 0 Å². The molecule has 2 aromatic heterocycles. The van der Waals surface area contributed by atoms with Crippen LogP contribution in [-0.4, -0.2) is 32.1 Å². The number of rotatable bonds is 2. The van der Waals surface area contributed by atoms with E-state index in [9.17, 15) is 9.59 Å². The predicted molar refractivity (Wildman–Crippen MR) is 98.5 cm³/mol. The van der Waals surface area contributed by atoms with Gasteiger partial charge < -0.3 is 9.88 Å². The molecule has 0 radical (unpaired) electrons. The summed E-state index contributed by atoms with van der Waals surface area (Å²) < 4.78 is 1.75. The molecule has 3 heterocycles. The Bertz CT molecular complexity index is 1120. The zero-order valence-electron chi connectivity index (χ0n) is 14.8. The van der Waals surface area contributed by atoms with Gasteiger partial charge in [-0.1, -0.05) is 18.2 Å². The lowest BCUT2D eigenvalue weighted by Crippen LogP contribution is -2.37. The Labute approximate surface area is 155 Å². The maximum absolute atomic E-state index is 13.0. The molecule has 1 aliphatic heterocycles. The van der Waals surface area contributed by atoms with E-state index in [0.717, 1.165) is 22.6 Å². The number of amides is 1. The number of benzene rings is 1. The van der Waals surface area contributed by atoms with Gasteiger partial charge in [0.1, 0.15) is 11.6 Å². The van der Waals surface area contributed by atoms with E-state index in [1.54, 1.807) is 21.8 Å². The van der Waals surface area contributed by atoms with Crippen molar-refractivity contribution in [1.29, 1.82) is 5.26 Å². The summed E-state index contributed by atoms with van der Waals surface area (Å²) in [5.41, 5.74) is 3.50. The topological polar surface area (TPSA) is 94.8 Å². The number of nitrogens with one attached hydrogen (secondary N) is 1. The van der Waals surface area contributed by atoms with Gasteiger partial charge in [0.05, 0.1) is 23.1 Å². The van der Waals surface area contributed by atoms with Crippen molar-refractivity contribution in [1.82, 2.24) is 19.7 Å². The first-order valence-electron chi connectivity index (χ1n) is 8.63. The van der Waals surface area contributed by atoms with Crippen molar-refractivity contribution in [3.05, 3.63) is 81.0 Å². The molecule has 0 atom stereocenters. The van der Waals surface area contributed by atoms with Gasteiger partial charge in [-0.25, -0.2) is 4.68 Å². The molecule has 0 fully saturated rings. The first kappa shape index (κ1) is 16.8. The number of nitriles is 1. The van der Waals surface area contributed by atoms with Gasteiger partial charge in [-0.05, 0) is 30.7 Å². The van der Waals surface area contributed by atoms with Gasteiger partial charge in [-0.2, -0.15) is 10.4 Å². The highest BCUT2D eigenvalue weighted by Gasteiger charge is 2.26. The highest BCUT2D eigenvalue weighted by atomic mass is 16.2. The van der Waals surface area contributed by atoms with Crippen LogP contribution in [0.15, 0.2) is 47.4 Å². The van der Waals surface area contributed by atoms with Crippen LogP contribution in [0, 0.1) is 18.3 Å². The summed E-state index contributed by atoms with van der Waals surface area (Å²) in [5.74, 6) is -0.106. The molecule has 1 aliphatic rings. The fourth-order valence-corrected chi connectivity index (χ4v) is 3.38. The highest BCUT2D eigenvalue weighted by molar-refractivity contribution is 5.95. The van der Waals surface area contributed by atoms with E-state index in [-0.39, 0.29) is 17.0 Å². The SMILES string of the molecule is Cc1c(C(=O)N2CCc3[nH]c(=O)c(C#N)cc3C2)cnn1-c1ccccc1. The fourth-order valence-electron chi connectivity index (χ4n) is 3.38. The van der Waals surface area contributed by atoms with Gasteiger partial charge >= 0.3 is 0 Å². The van der Waals surface area contributed by atoms with Crippen molar-refractivity contribution in [2.45, 2.75) is 19.9 Å². The van der Waals surface area contributed by atoms with Gasteiger partial charge in [0.15, 0.2) is 0 Å². The lowest BCUT2D eigenvalue weighted by molar-refractivity contribution is 0.0732. The van der Waals surface area contributed by atoms with Gasteiger partial charge in [-0.15, -0.1) is 0 Å². The zero-order chi connectivity index (χ0) is 19.0. The molecule has 0 unspecified atom stereocenters. The Morgan fingerprint density at radius 1 is 1.30 bits per heavy atom. The molecule has 3 aromatic rings. The quantitative estimate of drug-likeness (QED) is 0.756. The van der Waals surface area contributed by atoms with Crippen LogP contribution in [0.3, 0.4) is 0 Å². The van der Waals surface area contributed by atoms with Crippen LogP contribution in [0.2, 0.25) is 0 Å². The standard InChI is InChI=1S/C20H17N5O2/c1-13-17(11-22-25(13)16-5-3-2-4-6-16)20(27)24-8-7-18-15(12-24)9-14(10-21)19(26)23-18/h2-6,9,11H,7-8,12H2,1H3,(H,23,26). The Morgan fingerprint density at radius 3 is 2.81 bits per heavy atom. The number of carbonyl (C=O) groups is 1. The molecule has 0 aliphatic carbocycles. The molecule has 134 valence electrons. The number of hydrogen-bond acceptors (Lipinski definition) is 4. The molecular weight excluding hydrogens is 342 g/mol. The van der Waals surface area contributed by atoms with Crippen molar-refractivity contribution >= 4 is 5.91 Å². The van der Waals surface area contributed by atoms with E-state index in [0.29, 0.717) is 25.1 Å². The molecular formula is C20H17N5O2. The number of nitrogens with zero attached hydrogens (tertiary/aromatic N) is 4. The number of carbonyl (C=O) groups excluding carboxylic acids is 1. The van der Waals surface area contributed by atoms with E-state index < -0.39 is 0 Å². The first-order chi connectivity index (χ1) is 13.1. The zero-order valence-corrected chi connectivity index (χ0v) is 14.8. The molecule has 0 bridgehead atoms. The second-order valence-corrected chi connectivity index (χ2v) is 6.50. The van der Waals surface area contributed by atoms with E-state index in [2.05, 4.69) is 10.1 Å². The number of H-pyrrole nitrogens is 1. The summed E-state index contributed by atoms with van der Waals surface area (Å²) >= 11 is 0. The summed E-state index contributed by atoms with van der Waals surface area (Å²) in [5, 5.41) is 13.4. The van der Waals surface area contributed by atoms with Gasteiger partial charge in [0.2, 0.25) is 0 Å². The van der Waals surface area contributed by atoms with Crippen LogP contribution in [0.4, 0.5) is 0 Å². The Morgan fingerprint density at radius 2 is 2.07 bits per heavy atom. The van der Waals surface area contributed by atoms with Crippen LogP contribution in [-0.2, 0) is 13.0 Å². The summed E-state index contributed by atoms with van der Waals surface area (Å²) in [4.78, 5) is 29.3. The van der Waals surface area contributed by atoms with E-state index in [1.807, 2.05) is 43.3 Å². The minimum absolute atomic E-state index is 0.0659. The van der Waals surface area contributed by atoms with Crippen LogP contribution in [0.5, 0.6) is 0 Å². The molecule has 7 heteroatoms. The predicted octanol–water partition coefficient (Wildman–Crippen LogP) is 1.94. The van der Waals surface area contributed by atoms with Gasteiger partial charge in [0, 0.05) is 25.2 Å². The van der Waals surface area contributed by atoms with Gasteiger partial charge in [-0.3, -0.25) is 9.59 Å². The third kappa shape index (κ3) is 2.91. The van der Waals surface area contributed by atoms with Crippen LogP contribution >= 0.6 is 0 Å². The summed E-state index contributed by atoms with van der Waals surface area (Å²) in [6, 6.07) is 13.1. The maximum Gasteiger partial charge on any atom is 0.266 e. The molecule has 7 nitrogen and oxygen atoms in total. The largest absolute Gasteiger partial charge is 0.334 e. The lowest BCUT2D eigenvalue weighted by atomic mass is 10.0. The lowest BCUT2D eigenvalue weighted by Gasteiger charge is -2.28. The minimum atomic E-state index is -0.379. The Hall–Kier alpha value is -3.66. The number of aromatic amines is 1. The molecule has 1 amide bonds. The third-order valence-corrected chi connectivity index (χ3v) is 4.86. The molecule has 0 spiro atoms. The second-order valence-electron chi connectivity index (χ2n) is 6.50. The molecule has 4 rings (SSSR count). The van der Waals surface area contributed by atoms with Crippen LogP contribution in [0.1, 0.15) is 32.9 Å². The molecule has 0 saturated carbocycles. The molecule has 0 saturated heterocycles. The summed E-state index contributed by atoms with van der Waals surface area (Å²) in [6.45, 7) is 2.73. The third-order valence-electron chi connectivity index (χ3n) is 4.86. The van der Waals surface area contributed by atoms with Crippen molar-refractivity contribution in [2.24, 2.45) is 0 Å². The average Bonchev–Trinajstić information content (AvgIpc) is 3.08. The van der Waals surface area contributed by atoms with Crippen molar-refractivity contribution in [2.75, 3.05) is 6.54 Å². The normalized spacial score (nSPS) is 13.1. The molecule has 27 heavy (non-hydrogen) atoms. The smallest absolute Gasteiger partial charge is 0.266 e. The van der Waals surface area contributed by atoms with Crippen LogP contribution in [0.25, 0.3) is 5.69 Å². The summed E-state index contributed by atoms with van der Waals surface area (Å²) in [6.07, 6.45) is 2.14. The Kier molecular flexibility index (Phi) is 4.09. The number of para-hydroxylation sites is 1. The number of aromatic nitrogens is 3. The van der Waals surface area contributed by atoms with Crippen molar-refractivity contribution < 1.29 is 4.79 Å². The maximum atomic E-state index is 13.0. The summed E-state index contributed by atoms with van der Waals surface area (Å²) in [7, 11) is 0. The molecule has 1 N–H and O–H groups in total. The van der Waals surface area contributed by atoms with Crippen molar-refractivity contribution in [3.8, 4) is 11.8 Å². The number of fused-ring (bicyclic) bond motifs is 1.